The van der Waals surface area contributed by atoms with Gasteiger partial charge in [0.05, 0.1) is 6.21 Å². The van der Waals surface area contributed by atoms with Crippen molar-refractivity contribution >= 4 is 6.21 Å². The average Bonchev–Trinajstić information content (AvgIpc) is 2.14. The van der Waals surface area contributed by atoms with Crippen molar-refractivity contribution in [3.8, 4) is 0 Å². The molecule has 0 N–H and O–H groups in total. The zero-order valence-corrected chi connectivity index (χ0v) is 9.58. The van der Waals surface area contributed by atoms with E-state index in [0.29, 0.717) is 0 Å². The third-order valence-electron chi connectivity index (χ3n) is 2.45. The van der Waals surface area contributed by atoms with E-state index in [1.165, 1.54) is 5.57 Å². The molecule has 0 saturated carbocycles. The molecule has 0 unspecified atom stereocenters. The minimum absolute atomic E-state index is 0.237. The molecule has 80 valence electrons. The Bertz CT molecular complexity index is 238. The molecular weight excluding hydrogens is 176 g/mol. The van der Waals surface area contributed by atoms with Crippen LogP contribution in [0.5, 0.6) is 0 Å². The summed E-state index contributed by atoms with van der Waals surface area (Å²) in [6, 6.07) is 0. The van der Waals surface area contributed by atoms with Gasteiger partial charge in [-0.2, -0.15) is 0 Å². The molecule has 3 heteroatoms. The average molecular weight is 196 g/mol. The predicted octanol–water partition coefficient (Wildman–Crippen LogP) is 2.05. The summed E-state index contributed by atoms with van der Waals surface area (Å²) in [5.74, 6) is 0. The Morgan fingerprint density at radius 1 is 1.50 bits per heavy atom. The molecular formula is C11H20N2O. The highest BCUT2D eigenvalue weighted by atomic mass is 16.6. The van der Waals surface area contributed by atoms with Crippen molar-refractivity contribution < 1.29 is 4.84 Å². The zero-order chi connectivity index (χ0) is 10.6. The van der Waals surface area contributed by atoms with Crippen LogP contribution in [-0.4, -0.2) is 36.9 Å². The van der Waals surface area contributed by atoms with Crippen LogP contribution in [0.1, 0.15) is 27.2 Å². The first-order valence-corrected chi connectivity index (χ1v) is 5.04. The maximum absolute atomic E-state index is 4.68. The topological polar surface area (TPSA) is 24.8 Å². The molecule has 0 aliphatic carbocycles. The van der Waals surface area contributed by atoms with Gasteiger partial charge in [0, 0.05) is 18.6 Å². The minimum Gasteiger partial charge on any atom is -0.399 e. The molecule has 3 nitrogen and oxygen atoms in total. The summed E-state index contributed by atoms with van der Waals surface area (Å²) in [5.41, 5.74) is 1.48. The van der Waals surface area contributed by atoms with Crippen LogP contribution in [0.4, 0.5) is 0 Å². The quantitative estimate of drug-likeness (QED) is 0.499. The van der Waals surface area contributed by atoms with E-state index in [-0.39, 0.29) is 5.54 Å². The molecule has 0 atom stereocenters. The van der Waals surface area contributed by atoms with Crippen molar-refractivity contribution in [3.05, 3.63) is 11.6 Å². The van der Waals surface area contributed by atoms with E-state index in [1.54, 1.807) is 13.3 Å². The van der Waals surface area contributed by atoms with E-state index < -0.39 is 0 Å². The molecule has 0 aromatic carbocycles. The Labute approximate surface area is 86.4 Å². The molecule has 0 fully saturated rings. The molecule has 0 spiro atoms. The van der Waals surface area contributed by atoms with Crippen LogP contribution in [0.15, 0.2) is 16.8 Å². The second-order valence-electron chi connectivity index (χ2n) is 4.58. The molecule has 1 aliphatic heterocycles. The SMILES string of the molecule is CO/N=C/C1=CCCN(C(C)(C)C)C1. The van der Waals surface area contributed by atoms with Gasteiger partial charge in [0.2, 0.25) is 0 Å². The number of rotatable bonds is 2. The Hall–Kier alpha value is -0.830. The van der Waals surface area contributed by atoms with Gasteiger partial charge in [-0.1, -0.05) is 11.2 Å². The fourth-order valence-electron chi connectivity index (χ4n) is 1.56. The van der Waals surface area contributed by atoms with E-state index in [0.717, 1.165) is 19.5 Å². The first-order valence-electron chi connectivity index (χ1n) is 5.04. The van der Waals surface area contributed by atoms with Gasteiger partial charge in [-0.25, -0.2) is 0 Å². The van der Waals surface area contributed by atoms with Gasteiger partial charge >= 0.3 is 0 Å². The van der Waals surface area contributed by atoms with Gasteiger partial charge < -0.3 is 4.84 Å². The fourth-order valence-corrected chi connectivity index (χ4v) is 1.56. The van der Waals surface area contributed by atoms with Gasteiger partial charge in [-0.3, -0.25) is 4.90 Å². The van der Waals surface area contributed by atoms with Gasteiger partial charge in [0.15, 0.2) is 0 Å². The number of hydrogen-bond acceptors (Lipinski definition) is 3. The molecule has 0 radical (unpaired) electrons. The lowest BCUT2D eigenvalue weighted by atomic mass is 10.0. The van der Waals surface area contributed by atoms with E-state index in [4.69, 9.17) is 0 Å². The van der Waals surface area contributed by atoms with Gasteiger partial charge in [-0.15, -0.1) is 0 Å². The Morgan fingerprint density at radius 3 is 2.79 bits per heavy atom. The maximum Gasteiger partial charge on any atom is 0.106 e. The standard InChI is InChI=1S/C11H20N2O/c1-11(2,3)13-7-5-6-10(9-13)8-12-14-4/h6,8H,5,7,9H2,1-4H3/b12-8+. The number of hydrogen-bond donors (Lipinski definition) is 0. The molecule has 0 saturated heterocycles. The molecule has 0 aromatic heterocycles. The van der Waals surface area contributed by atoms with Crippen LogP contribution >= 0.6 is 0 Å². The van der Waals surface area contributed by atoms with Crippen molar-refractivity contribution in [2.45, 2.75) is 32.7 Å². The summed E-state index contributed by atoms with van der Waals surface area (Å²) in [4.78, 5) is 7.12. The second kappa shape index (κ2) is 4.60. The van der Waals surface area contributed by atoms with Crippen LogP contribution in [0.2, 0.25) is 0 Å². The summed E-state index contributed by atoms with van der Waals surface area (Å²) < 4.78 is 0. The van der Waals surface area contributed by atoms with Crippen LogP contribution in [-0.2, 0) is 4.84 Å². The van der Waals surface area contributed by atoms with Crippen molar-refractivity contribution in [1.82, 2.24) is 4.90 Å². The lowest BCUT2D eigenvalue weighted by Crippen LogP contribution is -2.44. The predicted molar refractivity (Wildman–Crippen MR) is 59.5 cm³/mol. The molecule has 14 heavy (non-hydrogen) atoms. The highest BCUT2D eigenvalue weighted by molar-refractivity contribution is 5.78. The number of nitrogens with zero attached hydrogens (tertiary/aromatic N) is 2. The third kappa shape index (κ3) is 3.14. The lowest BCUT2D eigenvalue weighted by Gasteiger charge is -2.37. The van der Waals surface area contributed by atoms with E-state index >= 15 is 0 Å². The van der Waals surface area contributed by atoms with Gasteiger partial charge in [0.25, 0.3) is 0 Å². The largest absolute Gasteiger partial charge is 0.399 e. The smallest absolute Gasteiger partial charge is 0.106 e. The first-order chi connectivity index (χ1) is 6.54. The van der Waals surface area contributed by atoms with Gasteiger partial charge in [-0.05, 0) is 32.8 Å². The van der Waals surface area contributed by atoms with E-state index in [2.05, 4.69) is 41.7 Å². The highest BCUT2D eigenvalue weighted by Gasteiger charge is 2.23. The van der Waals surface area contributed by atoms with Crippen molar-refractivity contribution in [3.63, 3.8) is 0 Å². The van der Waals surface area contributed by atoms with Gasteiger partial charge in [0.1, 0.15) is 7.11 Å². The van der Waals surface area contributed by atoms with E-state index in [9.17, 15) is 0 Å². The normalized spacial score (nSPS) is 19.9. The summed E-state index contributed by atoms with van der Waals surface area (Å²) in [6.45, 7) is 8.82. The minimum atomic E-state index is 0.237. The summed E-state index contributed by atoms with van der Waals surface area (Å²) >= 11 is 0. The fraction of sp³-hybridized carbons (Fsp3) is 0.727. The Kier molecular flexibility index (Phi) is 3.69. The molecule has 1 heterocycles. The second-order valence-corrected chi connectivity index (χ2v) is 4.58. The van der Waals surface area contributed by atoms with Crippen LogP contribution in [0, 0.1) is 0 Å². The van der Waals surface area contributed by atoms with Crippen LogP contribution < -0.4 is 0 Å². The maximum atomic E-state index is 4.68. The summed E-state index contributed by atoms with van der Waals surface area (Å²) in [7, 11) is 1.57. The Morgan fingerprint density at radius 2 is 2.21 bits per heavy atom. The molecule has 0 amide bonds. The van der Waals surface area contributed by atoms with Crippen molar-refractivity contribution in [1.29, 1.82) is 0 Å². The molecule has 1 rings (SSSR count). The lowest BCUT2D eigenvalue weighted by molar-refractivity contribution is 0.148. The van der Waals surface area contributed by atoms with Crippen molar-refractivity contribution in [2.24, 2.45) is 5.16 Å². The van der Waals surface area contributed by atoms with Crippen molar-refractivity contribution in [2.75, 3.05) is 20.2 Å². The monoisotopic (exact) mass is 196 g/mol. The highest BCUT2D eigenvalue weighted by Crippen LogP contribution is 2.18. The van der Waals surface area contributed by atoms with Crippen LogP contribution in [0.25, 0.3) is 0 Å². The van der Waals surface area contributed by atoms with E-state index in [1.807, 2.05) is 0 Å². The Balaban J connectivity index is 2.58. The zero-order valence-electron chi connectivity index (χ0n) is 9.58. The summed E-state index contributed by atoms with van der Waals surface area (Å²) in [6.07, 6.45) is 5.13. The molecule has 0 aromatic rings. The molecule has 1 aliphatic rings. The third-order valence-corrected chi connectivity index (χ3v) is 2.45. The summed E-state index contributed by atoms with van der Waals surface area (Å²) in [5, 5.41) is 3.79. The van der Waals surface area contributed by atoms with Crippen LogP contribution in [0.3, 0.4) is 0 Å². The first kappa shape index (κ1) is 11.2. The number of oxime groups is 1. The molecule has 0 bridgehead atoms.